The molecule has 0 aliphatic heterocycles. The molecule has 74 valence electrons. The van der Waals surface area contributed by atoms with Crippen LogP contribution in [-0.4, -0.2) is 24.4 Å². The van der Waals surface area contributed by atoms with E-state index >= 15 is 0 Å². The number of hydrogen-bond donors (Lipinski definition) is 0. The van der Waals surface area contributed by atoms with E-state index < -0.39 is 0 Å². The number of rotatable bonds is 2. The molecule has 1 aromatic heterocycles. The van der Waals surface area contributed by atoms with Crippen molar-refractivity contribution in [2.45, 2.75) is 6.54 Å². The molecule has 1 aromatic carbocycles. The predicted octanol–water partition coefficient (Wildman–Crippen LogP) is 1.51. The molecule has 0 atom stereocenters. The van der Waals surface area contributed by atoms with Crippen LogP contribution in [0.4, 0.5) is 0 Å². The molecule has 3 heteroatoms. The maximum absolute atomic E-state index is 8.66. The number of pyridine rings is 1. The summed E-state index contributed by atoms with van der Waals surface area (Å²) in [5, 5.41) is 8.66. The summed E-state index contributed by atoms with van der Waals surface area (Å²) >= 11 is 0. The quantitative estimate of drug-likeness (QED) is 0.610. The second kappa shape index (κ2) is 6.30. The molecule has 0 bridgehead atoms. The Balaban J connectivity index is 0.00000128. The average Bonchev–Trinajstić information content (AvgIpc) is 2.31. The molecule has 16 heavy (non-hydrogen) atoms. The van der Waals surface area contributed by atoms with Crippen LogP contribution in [0.15, 0.2) is 54.9 Å². The van der Waals surface area contributed by atoms with Gasteiger partial charge in [0.1, 0.15) is 0 Å². The van der Waals surface area contributed by atoms with Crippen molar-refractivity contribution < 1.29 is 4.57 Å². The normalized spacial score (nSPS) is 8.94. The zero-order chi connectivity index (χ0) is 10.5. The first-order valence-electron chi connectivity index (χ1n) is 4.81. The number of nitrogens with zero attached hydrogens (tertiary/aromatic N) is 2. The van der Waals surface area contributed by atoms with E-state index in [2.05, 4.69) is 22.8 Å². The summed E-state index contributed by atoms with van der Waals surface area (Å²) in [4.78, 5) is 0. The van der Waals surface area contributed by atoms with E-state index in [0.717, 1.165) is 6.54 Å². The SMILES string of the molecule is N#Cc1cc[n+](Cc2ccccc2)cc1.[Sb+3]. The summed E-state index contributed by atoms with van der Waals surface area (Å²) < 4.78 is 2.05. The zero-order valence-corrected chi connectivity index (χ0v) is 11.3. The van der Waals surface area contributed by atoms with Crippen LogP contribution in [0.5, 0.6) is 0 Å². The van der Waals surface area contributed by atoms with Gasteiger partial charge in [-0.05, 0) is 0 Å². The van der Waals surface area contributed by atoms with Gasteiger partial charge in [0.15, 0.2) is 18.9 Å². The monoisotopic (exact) mass is 316 g/mol. The molecular formula is C13H11N2Sb+4. The second-order valence-electron chi connectivity index (χ2n) is 3.36. The minimum Gasteiger partial charge on any atom is -0.201 e. The summed E-state index contributed by atoms with van der Waals surface area (Å²) in [7, 11) is 0. The summed E-state index contributed by atoms with van der Waals surface area (Å²) in [6.07, 6.45) is 3.84. The fourth-order valence-electron chi connectivity index (χ4n) is 1.43. The number of hydrogen-bond acceptors (Lipinski definition) is 1. The van der Waals surface area contributed by atoms with Crippen LogP contribution in [0.3, 0.4) is 0 Å². The molecule has 0 unspecified atom stereocenters. The van der Waals surface area contributed by atoms with Crippen LogP contribution in [0.2, 0.25) is 0 Å². The molecule has 0 aliphatic carbocycles. The van der Waals surface area contributed by atoms with Gasteiger partial charge >= 0.3 is 24.4 Å². The molecule has 2 radical (unpaired) electrons. The summed E-state index contributed by atoms with van der Waals surface area (Å²) in [6, 6.07) is 16.0. The molecule has 0 fully saturated rings. The molecule has 0 saturated carbocycles. The summed E-state index contributed by atoms with van der Waals surface area (Å²) in [5.74, 6) is 0. The molecular weight excluding hydrogens is 306 g/mol. The van der Waals surface area contributed by atoms with E-state index in [1.54, 1.807) is 0 Å². The maximum Gasteiger partial charge on any atom is 3.00 e. The third-order valence-electron chi connectivity index (χ3n) is 2.23. The average molecular weight is 317 g/mol. The minimum absolute atomic E-state index is 0. The van der Waals surface area contributed by atoms with Gasteiger partial charge in [-0.3, -0.25) is 0 Å². The zero-order valence-electron chi connectivity index (χ0n) is 8.74. The molecule has 2 aromatic rings. The topological polar surface area (TPSA) is 27.7 Å². The fraction of sp³-hybridized carbons (Fsp3) is 0.0769. The van der Waals surface area contributed by atoms with E-state index in [9.17, 15) is 0 Å². The van der Waals surface area contributed by atoms with Gasteiger partial charge in [0, 0.05) is 17.7 Å². The van der Waals surface area contributed by atoms with Gasteiger partial charge in [0.25, 0.3) is 0 Å². The number of aromatic nitrogens is 1. The molecule has 0 saturated heterocycles. The largest absolute Gasteiger partial charge is 3.00 e. The molecule has 0 amide bonds. The van der Waals surface area contributed by atoms with Crippen LogP contribution < -0.4 is 4.57 Å². The number of nitriles is 1. The van der Waals surface area contributed by atoms with E-state index in [1.807, 2.05) is 42.7 Å². The predicted molar refractivity (Wildman–Crippen MR) is 62.7 cm³/mol. The van der Waals surface area contributed by atoms with Crippen LogP contribution in [0.1, 0.15) is 11.1 Å². The summed E-state index contributed by atoms with van der Waals surface area (Å²) in [5.41, 5.74) is 1.95. The first-order valence-corrected chi connectivity index (χ1v) is 4.81. The van der Waals surface area contributed by atoms with Crippen LogP contribution in [-0.2, 0) is 6.54 Å². The minimum atomic E-state index is 0. The van der Waals surface area contributed by atoms with Gasteiger partial charge in [-0.2, -0.15) is 5.26 Å². The van der Waals surface area contributed by atoms with Crippen molar-refractivity contribution in [1.82, 2.24) is 0 Å². The number of benzene rings is 1. The fourth-order valence-corrected chi connectivity index (χ4v) is 1.43. The van der Waals surface area contributed by atoms with Gasteiger partial charge in [-0.25, -0.2) is 4.57 Å². The maximum atomic E-state index is 8.66. The Bertz CT molecular complexity index is 472. The first kappa shape index (κ1) is 12.7. The van der Waals surface area contributed by atoms with E-state index in [0.29, 0.717) is 5.56 Å². The van der Waals surface area contributed by atoms with Crippen molar-refractivity contribution in [2.75, 3.05) is 0 Å². The Labute approximate surface area is 113 Å². The van der Waals surface area contributed by atoms with E-state index in [1.165, 1.54) is 5.56 Å². The van der Waals surface area contributed by atoms with Crippen molar-refractivity contribution in [3.8, 4) is 6.07 Å². The molecule has 1 heterocycles. The van der Waals surface area contributed by atoms with Crippen molar-refractivity contribution >= 4 is 24.4 Å². The Hall–Kier alpha value is -1.32. The molecule has 2 rings (SSSR count). The Kier molecular flexibility index (Phi) is 5.02. The van der Waals surface area contributed by atoms with Gasteiger partial charge < -0.3 is 0 Å². The van der Waals surface area contributed by atoms with Crippen molar-refractivity contribution in [1.29, 1.82) is 5.26 Å². The van der Waals surface area contributed by atoms with Gasteiger partial charge in [0.2, 0.25) is 0 Å². The van der Waals surface area contributed by atoms with Crippen molar-refractivity contribution in [3.05, 3.63) is 66.0 Å². The Morgan fingerprint density at radius 2 is 1.62 bits per heavy atom. The molecule has 0 spiro atoms. The van der Waals surface area contributed by atoms with Crippen LogP contribution >= 0.6 is 0 Å². The smallest absolute Gasteiger partial charge is 0.201 e. The standard InChI is InChI=1S/C13H11N2.Sb/c14-10-12-6-8-15(9-7-12)11-13-4-2-1-3-5-13;/h1-9H,11H2;/q+1;+3. The van der Waals surface area contributed by atoms with Gasteiger partial charge in [-0.15, -0.1) is 0 Å². The van der Waals surface area contributed by atoms with Gasteiger partial charge in [0.05, 0.1) is 11.6 Å². The third-order valence-corrected chi connectivity index (χ3v) is 2.23. The Morgan fingerprint density at radius 1 is 1.00 bits per heavy atom. The molecule has 0 N–H and O–H groups in total. The van der Waals surface area contributed by atoms with E-state index in [4.69, 9.17) is 5.26 Å². The summed E-state index contributed by atoms with van der Waals surface area (Å²) in [6.45, 7) is 0.840. The van der Waals surface area contributed by atoms with Gasteiger partial charge in [-0.1, -0.05) is 30.3 Å². The first-order chi connectivity index (χ1) is 7.38. The van der Waals surface area contributed by atoms with Crippen LogP contribution in [0.25, 0.3) is 0 Å². The van der Waals surface area contributed by atoms with Crippen molar-refractivity contribution in [2.24, 2.45) is 0 Å². The van der Waals surface area contributed by atoms with Crippen LogP contribution in [0, 0.1) is 11.3 Å². The molecule has 2 nitrogen and oxygen atoms in total. The van der Waals surface area contributed by atoms with Crippen molar-refractivity contribution in [3.63, 3.8) is 0 Å². The Morgan fingerprint density at radius 3 is 2.19 bits per heavy atom. The third kappa shape index (κ3) is 3.36. The van der Waals surface area contributed by atoms with E-state index in [-0.39, 0.29) is 24.4 Å². The second-order valence-corrected chi connectivity index (χ2v) is 3.36. The molecule has 0 aliphatic rings.